The van der Waals surface area contributed by atoms with E-state index in [1.54, 1.807) is 0 Å². The first-order valence-electron chi connectivity index (χ1n) is 6.15. The molecule has 0 radical (unpaired) electrons. The van der Waals surface area contributed by atoms with Crippen LogP contribution >= 0.6 is 0 Å². The van der Waals surface area contributed by atoms with Crippen molar-refractivity contribution in [2.24, 2.45) is 0 Å². The Morgan fingerprint density at radius 1 is 1.16 bits per heavy atom. The van der Waals surface area contributed by atoms with Gasteiger partial charge in [-0.2, -0.15) is 0 Å². The number of hydrogen-bond acceptors (Lipinski definition) is 3. The SMILES string of the molecule is Cc1ccc(OCc2nc3c(N)cccc3[nH]2)cc1. The van der Waals surface area contributed by atoms with E-state index in [1.165, 1.54) is 5.56 Å². The highest BCUT2D eigenvalue weighted by molar-refractivity contribution is 5.86. The Morgan fingerprint density at radius 2 is 1.95 bits per heavy atom. The van der Waals surface area contributed by atoms with Gasteiger partial charge in [0.1, 0.15) is 23.7 Å². The summed E-state index contributed by atoms with van der Waals surface area (Å²) in [6.45, 7) is 2.45. The predicted molar refractivity (Wildman–Crippen MR) is 76.0 cm³/mol. The lowest BCUT2D eigenvalue weighted by molar-refractivity contribution is 0.297. The van der Waals surface area contributed by atoms with Crippen molar-refractivity contribution in [3.63, 3.8) is 0 Å². The third-order valence-corrected chi connectivity index (χ3v) is 2.99. The van der Waals surface area contributed by atoms with Crippen molar-refractivity contribution in [2.45, 2.75) is 13.5 Å². The maximum atomic E-state index is 5.87. The Morgan fingerprint density at radius 3 is 2.68 bits per heavy atom. The molecule has 0 saturated carbocycles. The third-order valence-electron chi connectivity index (χ3n) is 2.99. The first kappa shape index (κ1) is 11.6. The molecule has 0 fully saturated rings. The zero-order valence-electron chi connectivity index (χ0n) is 10.7. The van der Waals surface area contributed by atoms with Gasteiger partial charge in [0.05, 0.1) is 11.2 Å². The molecule has 1 heterocycles. The predicted octanol–water partition coefficient (Wildman–Crippen LogP) is 3.03. The summed E-state index contributed by atoms with van der Waals surface area (Å²) in [6.07, 6.45) is 0. The second-order valence-corrected chi connectivity index (χ2v) is 4.53. The van der Waals surface area contributed by atoms with Gasteiger partial charge < -0.3 is 15.5 Å². The average molecular weight is 253 g/mol. The van der Waals surface area contributed by atoms with E-state index in [9.17, 15) is 0 Å². The fourth-order valence-corrected chi connectivity index (χ4v) is 1.96. The van der Waals surface area contributed by atoms with Gasteiger partial charge in [0, 0.05) is 0 Å². The minimum absolute atomic E-state index is 0.400. The van der Waals surface area contributed by atoms with Gasteiger partial charge in [0.15, 0.2) is 0 Å². The fraction of sp³-hybridized carbons (Fsp3) is 0.133. The average Bonchev–Trinajstić information content (AvgIpc) is 2.83. The van der Waals surface area contributed by atoms with Crippen LogP contribution in [-0.2, 0) is 6.61 Å². The van der Waals surface area contributed by atoms with Crippen LogP contribution < -0.4 is 10.5 Å². The lowest BCUT2D eigenvalue weighted by Crippen LogP contribution is -1.97. The van der Waals surface area contributed by atoms with E-state index >= 15 is 0 Å². The molecule has 0 amide bonds. The molecule has 0 aliphatic rings. The Kier molecular flexibility index (Phi) is 2.83. The van der Waals surface area contributed by atoms with Crippen molar-refractivity contribution in [1.82, 2.24) is 9.97 Å². The van der Waals surface area contributed by atoms with Gasteiger partial charge >= 0.3 is 0 Å². The monoisotopic (exact) mass is 253 g/mol. The Hall–Kier alpha value is -2.49. The van der Waals surface area contributed by atoms with Gasteiger partial charge in [-0.25, -0.2) is 4.98 Å². The molecular weight excluding hydrogens is 238 g/mol. The highest BCUT2D eigenvalue weighted by Gasteiger charge is 2.05. The molecule has 3 N–H and O–H groups in total. The standard InChI is InChI=1S/C15H15N3O/c1-10-5-7-11(8-6-10)19-9-14-17-13-4-2-3-12(16)15(13)18-14/h2-8H,9,16H2,1H3,(H,17,18). The molecule has 2 aromatic carbocycles. The van der Waals surface area contributed by atoms with E-state index in [0.717, 1.165) is 22.6 Å². The molecule has 0 aliphatic carbocycles. The second kappa shape index (κ2) is 4.65. The van der Waals surface area contributed by atoms with Gasteiger partial charge in [0.2, 0.25) is 0 Å². The number of hydrogen-bond donors (Lipinski definition) is 2. The van der Waals surface area contributed by atoms with Crippen molar-refractivity contribution >= 4 is 16.7 Å². The van der Waals surface area contributed by atoms with E-state index in [4.69, 9.17) is 10.5 Å². The summed E-state index contributed by atoms with van der Waals surface area (Å²) in [5.74, 6) is 1.60. The topological polar surface area (TPSA) is 63.9 Å². The zero-order valence-corrected chi connectivity index (χ0v) is 10.7. The Balaban J connectivity index is 1.78. The summed E-state index contributed by atoms with van der Waals surface area (Å²) in [6, 6.07) is 13.6. The fourth-order valence-electron chi connectivity index (χ4n) is 1.96. The quantitative estimate of drug-likeness (QED) is 0.705. The van der Waals surface area contributed by atoms with Gasteiger partial charge in [-0.3, -0.25) is 0 Å². The van der Waals surface area contributed by atoms with Gasteiger partial charge in [-0.1, -0.05) is 23.8 Å². The van der Waals surface area contributed by atoms with Crippen LogP contribution in [0.15, 0.2) is 42.5 Å². The number of H-pyrrole nitrogens is 1. The summed E-state index contributed by atoms with van der Waals surface area (Å²) in [7, 11) is 0. The number of rotatable bonds is 3. The molecule has 4 heteroatoms. The summed E-state index contributed by atoms with van der Waals surface area (Å²) < 4.78 is 5.68. The van der Waals surface area contributed by atoms with Crippen molar-refractivity contribution < 1.29 is 4.74 Å². The van der Waals surface area contributed by atoms with Crippen LogP contribution in [0.3, 0.4) is 0 Å². The van der Waals surface area contributed by atoms with Crippen molar-refractivity contribution in [3.05, 3.63) is 53.9 Å². The van der Waals surface area contributed by atoms with Crippen molar-refractivity contribution in [2.75, 3.05) is 5.73 Å². The molecule has 19 heavy (non-hydrogen) atoms. The summed E-state index contributed by atoms with van der Waals surface area (Å²) in [5, 5.41) is 0. The summed E-state index contributed by atoms with van der Waals surface area (Å²) >= 11 is 0. The normalized spacial score (nSPS) is 10.8. The molecule has 3 rings (SSSR count). The zero-order chi connectivity index (χ0) is 13.2. The molecule has 0 atom stereocenters. The van der Waals surface area contributed by atoms with E-state index < -0.39 is 0 Å². The van der Waals surface area contributed by atoms with E-state index in [2.05, 4.69) is 9.97 Å². The number of imidazole rings is 1. The summed E-state index contributed by atoms with van der Waals surface area (Å²) in [4.78, 5) is 7.64. The number of nitrogens with one attached hydrogen (secondary N) is 1. The van der Waals surface area contributed by atoms with E-state index in [1.807, 2.05) is 49.4 Å². The van der Waals surface area contributed by atoms with Gasteiger partial charge in [0.25, 0.3) is 0 Å². The largest absolute Gasteiger partial charge is 0.486 e. The van der Waals surface area contributed by atoms with Crippen LogP contribution in [0.25, 0.3) is 11.0 Å². The number of fused-ring (bicyclic) bond motifs is 1. The maximum Gasteiger partial charge on any atom is 0.146 e. The lowest BCUT2D eigenvalue weighted by atomic mass is 10.2. The molecule has 4 nitrogen and oxygen atoms in total. The van der Waals surface area contributed by atoms with Gasteiger partial charge in [-0.15, -0.1) is 0 Å². The van der Waals surface area contributed by atoms with E-state index in [-0.39, 0.29) is 0 Å². The lowest BCUT2D eigenvalue weighted by Gasteiger charge is -2.03. The van der Waals surface area contributed by atoms with Crippen LogP contribution in [0.4, 0.5) is 5.69 Å². The number of para-hydroxylation sites is 1. The van der Waals surface area contributed by atoms with Crippen LogP contribution in [-0.4, -0.2) is 9.97 Å². The third kappa shape index (κ3) is 2.38. The first-order valence-corrected chi connectivity index (χ1v) is 6.15. The van der Waals surface area contributed by atoms with Crippen LogP contribution in [0.2, 0.25) is 0 Å². The molecule has 0 saturated heterocycles. The number of nitrogens with zero attached hydrogens (tertiary/aromatic N) is 1. The number of aryl methyl sites for hydroxylation is 1. The number of benzene rings is 2. The Bertz CT molecular complexity index is 701. The number of nitrogens with two attached hydrogens (primary N) is 1. The smallest absolute Gasteiger partial charge is 0.146 e. The summed E-state index contributed by atoms with van der Waals surface area (Å²) in [5.41, 5.74) is 9.49. The minimum Gasteiger partial charge on any atom is -0.486 e. The minimum atomic E-state index is 0.400. The first-order chi connectivity index (χ1) is 9.22. The molecule has 0 bridgehead atoms. The van der Waals surface area contributed by atoms with Gasteiger partial charge in [-0.05, 0) is 31.2 Å². The number of aromatic amines is 1. The molecule has 0 spiro atoms. The van der Waals surface area contributed by atoms with Crippen molar-refractivity contribution in [1.29, 1.82) is 0 Å². The van der Waals surface area contributed by atoms with E-state index in [0.29, 0.717) is 12.3 Å². The number of aromatic nitrogens is 2. The molecule has 96 valence electrons. The number of ether oxygens (including phenoxy) is 1. The number of nitrogen functional groups attached to an aromatic ring is 1. The van der Waals surface area contributed by atoms with Crippen LogP contribution in [0.1, 0.15) is 11.4 Å². The number of anilines is 1. The van der Waals surface area contributed by atoms with Crippen LogP contribution in [0.5, 0.6) is 5.75 Å². The maximum absolute atomic E-state index is 5.87. The van der Waals surface area contributed by atoms with Crippen LogP contribution in [0, 0.1) is 6.92 Å². The highest BCUT2D eigenvalue weighted by atomic mass is 16.5. The molecule has 0 unspecified atom stereocenters. The Labute approximate surface area is 111 Å². The van der Waals surface area contributed by atoms with Crippen molar-refractivity contribution in [3.8, 4) is 5.75 Å². The highest BCUT2D eigenvalue weighted by Crippen LogP contribution is 2.19. The molecule has 0 aliphatic heterocycles. The second-order valence-electron chi connectivity index (χ2n) is 4.53. The molecular formula is C15H15N3O. The molecule has 3 aromatic rings. The molecule has 1 aromatic heterocycles.